The van der Waals surface area contributed by atoms with Crippen LogP contribution in [-0.4, -0.2) is 17.6 Å². The number of nitrogens with zero attached hydrogens (tertiary/aromatic N) is 1. The summed E-state index contributed by atoms with van der Waals surface area (Å²) in [5.41, 5.74) is 3.44. The number of carbonyl (C=O) groups is 1. The largest absolute Gasteiger partial charge is 0.338 e. The molecule has 0 bridgehead atoms. The third-order valence-corrected chi connectivity index (χ3v) is 3.42. The fourth-order valence-corrected chi connectivity index (χ4v) is 2.26. The summed E-state index contributed by atoms with van der Waals surface area (Å²) < 4.78 is 0. The van der Waals surface area contributed by atoms with E-state index in [1.54, 1.807) is 6.20 Å². The van der Waals surface area contributed by atoms with Crippen LogP contribution in [0.2, 0.25) is 0 Å². The Kier molecular flexibility index (Phi) is 5.32. The second-order valence-corrected chi connectivity index (χ2v) is 5.09. The lowest BCUT2D eigenvalue weighted by Gasteiger charge is -2.17. The van der Waals surface area contributed by atoms with Gasteiger partial charge in [0.15, 0.2) is 0 Å². The van der Waals surface area contributed by atoms with Gasteiger partial charge in [0.2, 0.25) is 0 Å². The van der Waals surface area contributed by atoms with Crippen molar-refractivity contribution in [2.45, 2.75) is 26.3 Å². The molecule has 2 amide bonds. The molecule has 4 nitrogen and oxygen atoms in total. The molecular weight excluding hydrogens is 262 g/mol. The van der Waals surface area contributed by atoms with E-state index in [1.165, 1.54) is 5.56 Å². The van der Waals surface area contributed by atoms with Gasteiger partial charge in [-0.25, -0.2) is 4.79 Å². The van der Waals surface area contributed by atoms with Crippen LogP contribution in [0.1, 0.15) is 29.7 Å². The first kappa shape index (κ1) is 15.0. The number of hydrogen-bond acceptors (Lipinski definition) is 2. The van der Waals surface area contributed by atoms with Crippen LogP contribution in [0.25, 0.3) is 0 Å². The summed E-state index contributed by atoms with van der Waals surface area (Å²) in [4.78, 5) is 15.9. The van der Waals surface area contributed by atoms with Crippen molar-refractivity contribution in [3.8, 4) is 0 Å². The molecule has 21 heavy (non-hydrogen) atoms. The average Bonchev–Trinajstić information content (AvgIpc) is 2.48. The predicted molar refractivity (Wildman–Crippen MR) is 84.1 cm³/mol. The summed E-state index contributed by atoms with van der Waals surface area (Å²) in [5, 5.41) is 5.83. The molecule has 0 radical (unpaired) electrons. The molecule has 0 saturated heterocycles. The Labute approximate surface area is 125 Å². The third-order valence-electron chi connectivity index (χ3n) is 3.42. The number of amides is 2. The Balaban J connectivity index is 1.78. The zero-order valence-corrected chi connectivity index (χ0v) is 12.5. The lowest BCUT2D eigenvalue weighted by atomic mass is 10.0. The van der Waals surface area contributed by atoms with E-state index in [-0.39, 0.29) is 12.1 Å². The topological polar surface area (TPSA) is 54.0 Å². The highest BCUT2D eigenvalue weighted by molar-refractivity contribution is 5.74. The maximum Gasteiger partial charge on any atom is 0.315 e. The average molecular weight is 283 g/mol. The van der Waals surface area contributed by atoms with E-state index in [0.717, 1.165) is 17.5 Å². The van der Waals surface area contributed by atoms with Gasteiger partial charge in [-0.1, -0.05) is 30.3 Å². The first-order valence-corrected chi connectivity index (χ1v) is 7.15. The normalized spacial score (nSPS) is 11.7. The Bertz CT molecular complexity index is 584. The SMILES string of the molecule is Cc1ccccc1C(C)NC(=O)NCCc1cccnc1. The van der Waals surface area contributed by atoms with E-state index < -0.39 is 0 Å². The number of benzene rings is 1. The molecule has 0 aliphatic carbocycles. The van der Waals surface area contributed by atoms with Crippen molar-refractivity contribution < 1.29 is 4.79 Å². The molecule has 110 valence electrons. The van der Waals surface area contributed by atoms with Crippen molar-refractivity contribution in [1.82, 2.24) is 15.6 Å². The summed E-state index contributed by atoms with van der Waals surface area (Å²) in [7, 11) is 0. The molecule has 2 N–H and O–H groups in total. The van der Waals surface area contributed by atoms with Gasteiger partial charge in [-0.15, -0.1) is 0 Å². The zero-order chi connectivity index (χ0) is 15.1. The van der Waals surface area contributed by atoms with Gasteiger partial charge < -0.3 is 10.6 Å². The van der Waals surface area contributed by atoms with Gasteiger partial charge >= 0.3 is 6.03 Å². The predicted octanol–water partition coefficient (Wildman–Crippen LogP) is 2.99. The van der Waals surface area contributed by atoms with Gasteiger partial charge in [-0.3, -0.25) is 4.98 Å². The van der Waals surface area contributed by atoms with E-state index >= 15 is 0 Å². The minimum Gasteiger partial charge on any atom is -0.338 e. The van der Waals surface area contributed by atoms with Crippen LogP contribution < -0.4 is 10.6 Å². The molecule has 0 aliphatic rings. The summed E-state index contributed by atoms with van der Waals surface area (Å²) in [6.07, 6.45) is 4.34. The minimum absolute atomic E-state index is 0.00964. The van der Waals surface area contributed by atoms with Crippen LogP contribution in [0.15, 0.2) is 48.8 Å². The third kappa shape index (κ3) is 4.60. The highest BCUT2D eigenvalue weighted by Crippen LogP contribution is 2.16. The smallest absolute Gasteiger partial charge is 0.315 e. The Morgan fingerprint density at radius 3 is 2.76 bits per heavy atom. The standard InChI is InChI=1S/C17H21N3O/c1-13-6-3-4-8-16(13)14(2)20-17(21)19-11-9-15-7-5-10-18-12-15/h3-8,10,12,14H,9,11H2,1-2H3,(H2,19,20,21). The Morgan fingerprint density at radius 2 is 2.05 bits per heavy atom. The van der Waals surface area contributed by atoms with E-state index in [4.69, 9.17) is 0 Å². The molecule has 2 aromatic rings. The number of pyridine rings is 1. The summed E-state index contributed by atoms with van der Waals surface area (Å²) in [5.74, 6) is 0. The molecule has 1 heterocycles. The van der Waals surface area contributed by atoms with Crippen molar-refractivity contribution in [3.63, 3.8) is 0 Å². The molecule has 0 fully saturated rings. The summed E-state index contributed by atoms with van der Waals surface area (Å²) in [6.45, 7) is 4.63. The van der Waals surface area contributed by atoms with Crippen LogP contribution in [0.5, 0.6) is 0 Å². The van der Waals surface area contributed by atoms with Gasteiger partial charge in [-0.05, 0) is 43.0 Å². The monoisotopic (exact) mass is 283 g/mol. The van der Waals surface area contributed by atoms with Crippen molar-refractivity contribution >= 4 is 6.03 Å². The number of urea groups is 1. The van der Waals surface area contributed by atoms with Gasteiger partial charge in [0.1, 0.15) is 0 Å². The number of aryl methyl sites for hydroxylation is 1. The first-order valence-electron chi connectivity index (χ1n) is 7.15. The fraction of sp³-hybridized carbons (Fsp3) is 0.294. The highest BCUT2D eigenvalue weighted by Gasteiger charge is 2.10. The van der Waals surface area contributed by atoms with Crippen molar-refractivity contribution in [3.05, 3.63) is 65.5 Å². The van der Waals surface area contributed by atoms with Gasteiger partial charge in [0.25, 0.3) is 0 Å². The molecule has 1 unspecified atom stereocenters. The van der Waals surface area contributed by atoms with Gasteiger partial charge in [0, 0.05) is 18.9 Å². The summed E-state index contributed by atoms with van der Waals surface area (Å²) >= 11 is 0. The number of nitrogens with one attached hydrogen (secondary N) is 2. The molecule has 4 heteroatoms. The molecule has 1 atom stereocenters. The van der Waals surface area contributed by atoms with Crippen LogP contribution in [0.4, 0.5) is 4.79 Å². The maximum atomic E-state index is 11.9. The lowest BCUT2D eigenvalue weighted by molar-refractivity contribution is 0.238. The molecular formula is C17H21N3O. The van der Waals surface area contributed by atoms with Crippen molar-refractivity contribution in [2.24, 2.45) is 0 Å². The number of hydrogen-bond donors (Lipinski definition) is 2. The van der Waals surface area contributed by atoms with E-state index in [2.05, 4.69) is 15.6 Å². The molecule has 0 spiro atoms. The van der Waals surface area contributed by atoms with Gasteiger partial charge in [0.05, 0.1) is 6.04 Å². The maximum absolute atomic E-state index is 11.9. The Morgan fingerprint density at radius 1 is 1.24 bits per heavy atom. The number of aromatic nitrogens is 1. The molecule has 0 saturated carbocycles. The lowest BCUT2D eigenvalue weighted by Crippen LogP contribution is -2.38. The van der Waals surface area contributed by atoms with Gasteiger partial charge in [-0.2, -0.15) is 0 Å². The molecule has 2 rings (SSSR count). The number of rotatable bonds is 5. The molecule has 1 aromatic carbocycles. The van der Waals surface area contributed by atoms with Crippen molar-refractivity contribution in [2.75, 3.05) is 6.54 Å². The fourth-order valence-electron chi connectivity index (χ4n) is 2.26. The first-order chi connectivity index (χ1) is 10.2. The summed E-state index contributed by atoms with van der Waals surface area (Å²) in [6, 6.07) is 11.8. The minimum atomic E-state index is -0.144. The van der Waals surface area contributed by atoms with Crippen LogP contribution in [0.3, 0.4) is 0 Å². The van der Waals surface area contributed by atoms with Crippen molar-refractivity contribution in [1.29, 1.82) is 0 Å². The quantitative estimate of drug-likeness (QED) is 0.886. The second-order valence-electron chi connectivity index (χ2n) is 5.09. The van der Waals surface area contributed by atoms with E-state index in [9.17, 15) is 4.79 Å². The van der Waals surface area contributed by atoms with E-state index in [0.29, 0.717) is 6.54 Å². The molecule has 0 aliphatic heterocycles. The second kappa shape index (κ2) is 7.43. The highest BCUT2D eigenvalue weighted by atomic mass is 16.2. The van der Waals surface area contributed by atoms with Crippen LogP contribution in [0, 0.1) is 6.92 Å². The van der Waals surface area contributed by atoms with E-state index in [1.807, 2.05) is 56.4 Å². The zero-order valence-electron chi connectivity index (χ0n) is 12.5. The van der Waals surface area contributed by atoms with Crippen LogP contribution >= 0.6 is 0 Å². The molecule has 1 aromatic heterocycles. The van der Waals surface area contributed by atoms with Crippen LogP contribution in [-0.2, 0) is 6.42 Å². The Hall–Kier alpha value is -2.36. The number of carbonyl (C=O) groups excluding carboxylic acids is 1.